The molecule has 0 aliphatic rings. The molecular formula is C13H15NO2. The van der Waals surface area contributed by atoms with E-state index in [9.17, 15) is 4.79 Å². The molecule has 16 heavy (non-hydrogen) atoms. The molecule has 0 bridgehead atoms. The number of nitrogens with zero attached hydrogens (tertiary/aromatic N) is 1. The third-order valence-corrected chi connectivity index (χ3v) is 2.80. The molecule has 0 fully saturated rings. The minimum atomic E-state index is -0.862. The molecule has 2 aromatic rings. The highest BCUT2D eigenvalue weighted by Gasteiger charge is 2.10. The number of unbranched alkanes of at least 4 members (excludes halogenated alkanes) is 1. The number of aromatic nitrogens is 1. The van der Waals surface area contributed by atoms with Crippen LogP contribution in [0.2, 0.25) is 0 Å². The summed E-state index contributed by atoms with van der Waals surface area (Å²) in [5.41, 5.74) is 1.39. The SMILES string of the molecule is CCCCn1ccc2c(C(=O)O)cccc21. The molecule has 0 aliphatic heterocycles. The van der Waals surface area contributed by atoms with Crippen LogP contribution in [0.5, 0.6) is 0 Å². The third kappa shape index (κ3) is 1.81. The maximum atomic E-state index is 11.0. The molecule has 0 saturated carbocycles. The lowest BCUT2D eigenvalue weighted by Crippen LogP contribution is -1.98. The first-order valence-electron chi connectivity index (χ1n) is 5.55. The molecule has 1 aromatic carbocycles. The summed E-state index contributed by atoms with van der Waals surface area (Å²) in [6, 6.07) is 7.30. The molecule has 0 unspecified atom stereocenters. The van der Waals surface area contributed by atoms with E-state index in [1.165, 1.54) is 0 Å². The van der Waals surface area contributed by atoms with Crippen LogP contribution in [0.3, 0.4) is 0 Å². The summed E-state index contributed by atoms with van der Waals surface area (Å²) in [5, 5.41) is 9.88. The Morgan fingerprint density at radius 3 is 2.88 bits per heavy atom. The quantitative estimate of drug-likeness (QED) is 0.854. The smallest absolute Gasteiger partial charge is 0.336 e. The summed E-state index contributed by atoms with van der Waals surface area (Å²) >= 11 is 0. The fourth-order valence-corrected chi connectivity index (χ4v) is 1.93. The first-order valence-corrected chi connectivity index (χ1v) is 5.55. The average molecular weight is 217 g/mol. The van der Waals surface area contributed by atoms with Gasteiger partial charge in [-0.25, -0.2) is 4.79 Å². The molecule has 84 valence electrons. The third-order valence-electron chi connectivity index (χ3n) is 2.80. The molecule has 1 N–H and O–H groups in total. The van der Waals surface area contributed by atoms with E-state index in [4.69, 9.17) is 5.11 Å². The van der Waals surface area contributed by atoms with Crippen molar-refractivity contribution in [2.45, 2.75) is 26.3 Å². The number of aryl methyl sites for hydroxylation is 1. The molecule has 0 amide bonds. The Bertz CT molecular complexity index is 514. The van der Waals surface area contributed by atoms with Gasteiger partial charge in [-0.15, -0.1) is 0 Å². The molecule has 0 radical (unpaired) electrons. The van der Waals surface area contributed by atoms with Crippen molar-refractivity contribution in [1.82, 2.24) is 4.57 Å². The number of rotatable bonds is 4. The summed E-state index contributed by atoms with van der Waals surface area (Å²) in [6.07, 6.45) is 4.21. The maximum absolute atomic E-state index is 11.0. The van der Waals surface area contributed by atoms with Gasteiger partial charge in [-0.1, -0.05) is 19.4 Å². The maximum Gasteiger partial charge on any atom is 0.336 e. The molecule has 1 aromatic heterocycles. The average Bonchev–Trinajstić information content (AvgIpc) is 2.69. The van der Waals surface area contributed by atoms with E-state index in [0.29, 0.717) is 5.56 Å². The van der Waals surface area contributed by atoms with E-state index in [2.05, 4.69) is 11.5 Å². The molecule has 2 rings (SSSR count). The van der Waals surface area contributed by atoms with Crippen molar-refractivity contribution in [3.05, 3.63) is 36.0 Å². The van der Waals surface area contributed by atoms with Gasteiger partial charge >= 0.3 is 5.97 Å². The summed E-state index contributed by atoms with van der Waals surface area (Å²) < 4.78 is 2.12. The van der Waals surface area contributed by atoms with E-state index < -0.39 is 5.97 Å². The van der Waals surface area contributed by atoms with Crippen LogP contribution in [0.25, 0.3) is 10.9 Å². The molecule has 0 saturated heterocycles. The van der Waals surface area contributed by atoms with Gasteiger partial charge in [0.05, 0.1) is 5.56 Å². The van der Waals surface area contributed by atoms with Gasteiger partial charge in [0.15, 0.2) is 0 Å². The highest BCUT2D eigenvalue weighted by Crippen LogP contribution is 2.20. The Morgan fingerprint density at radius 1 is 1.38 bits per heavy atom. The molecule has 0 atom stereocenters. The van der Waals surface area contributed by atoms with E-state index in [-0.39, 0.29) is 0 Å². The number of hydrogen-bond acceptors (Lipinski definition) is 1. The van der Waals surface area contributed by atoms with E-state index in [1.807, 2.05) is 18.3 Å². The zero-order chi connectivity index (χ0) is 11.5. The first kappa shape index (κ1) is 10.7. The molecular weight excluding hydrogens is 202 g/mol. The van der Waals surface area contributed by atoms with Crippen LogP contribution in [-0.2, 0) is 6.54 Å². The largest absolute Gasteiger partial charge is 0.478 e. The Kier molecular flexibility index (Phi) is 2.95. The van der Waals surface area contributed by atoms with E-state index in [1.54, 1.807) is 12.1 Å². The van der Waals surface area contributed by atoms with Crippen LogP contribution in [0.1, 0.15) is 30.1 Å². The Hall–Kier alpha value is -1.77. The highest BCUT2D eigenvalue weighted by molar-refractivity contribution is 6.02. The summed E-state index contributed by atoms with van der Waals surface area (Å²) in [7, 11) is 0. The van der Waals surface area contributed by atoms with Crippen LogP contribution in [0.4, 0.5) is 0 Å². The number of aromatic carboxylic acids is 1. The fourth-order valence-electron chi connectivity index (χ4n) is 1.93. The molecule has 3 heteroatoms. The van der Waals surface area contributed by atoms with Crippen molar-refractivity contribution in [3.63, 3.8) is 0 Å². The number of carboxylic acid groups (broad SMARTS) is 1. The number of carbonyl (C=O) groups is 1. The number of fused-ring (bicyclic) bond motifs is 1. The van der Waals surface area contributed by atoms with Crippen molar-refractivity contribution in [2.24, 2.45) is 0 Å². The number of carboxylic acids is 1. The van der Waals surface area contributed by atoms with E-state index >= 15 is 0 Å². The van der Waals surface area contributed by atoms with Gasteiger partial charge in [0.1, 0.15) is 0 Å². The summed E-state index contributed by atoms with van der Waals surface area (Å²) in [4.78, 5) is 11.0. The standard InChI is InChI=1S/C13H15NO2/c1-2-3-8-14-9-7-10-11(13(15)16)5-4-6-12(10)14/h4-7,9H,2-3,8H2,1H3,(H,15,16). The van der Waals surface area contributed by atoms with Gasteiger partial charge in [0, 0.05) is 23.6 Å². The molecule has 1 heterocycles. The van der Waals surface area contributed by atoms with Crippen LogP contribution in [0.15, 0.2) is 30.5 Å². The minimum Gasteiger partial charge on any atom is -0.478 e. The van der Waals surface area contributed by atoms with Crippen molar-refractivity contribution < 1.29 is 9.90 Å². The molecule has 0 spiro atoms. The van der Waals surface area contributed by atoms with Gasteiger partial charge in [0.2, 0.25) is 0 Å². The second-order valence-electron chi connectivity index (χ2n) is 3.91. The van der Waals surface area contributed by atoms with Crippen molar-refractivity contribution in [3.8, 4) is 0 Å². The Morgan fingerprint density at radius 2 is 2.19 bits per heavy atom. The van der Waals surface area contributed by atoms with Gasteiger partial charge in [-0.2, -0.15) is 0 Å². The van der Waals surface area contributed by atoms with Crippen molar-refractivity contribution in [2.75, 3.05) is 0 Å². The van der Waals surface area contributed by atoms with Gasteiger partial charge in [-0.05, 0) is 24.6 Å². The van der Waals surface area contributed by atoms with Crippen LogP contribution >= 0.6 is 0 Å². The van der Waals surface area contributed by atoms with Crippen molar-refractivity contribution >= 4 is 16.9 Å². The second kappa shape index (κ2) is 4.39. The lowest BCUT2D eigenvalue weighted by molar-refractivity contribution is 0.0699. The van der Waals surface area contributed by atoms with Crippen LogP contribution < -0.4 is 0 Å². The Balaban J connectivity index is 2.48. The number of hydrogen-bond donors (Lipinski definition) is 1. The van der Waals surface area contributed by atoms with Gasteiger partial charge < -0.3 is 9.67 Å². The number of benzene rings is 1. The van der Waals surface area contributed by atoms with Gasteiger partial charge in [-0.3, -0.25) is 0 Å². The summed E-state index contributed by atoms with van der Waals surface area (Å²) in [6.45, 7) is 3.09. The molecule has 3 nitrogen and oxygen atoms in total. The zero-order valence-corrected chi connectivity index (χ0v) is 9.31. The normalized spacial score (nSPS) is 10.8. The zero-order valence-electron chi connectivity index (χ0n) is 9.31. The Labute approximate surface area is 94.3 Å². The van der Waals surface area contributed by atoms with Gasteiger partial charge in [0.25, 0.3) is 0 Å². The first-order chi connectivity index (χ1) is 7.74. The monoisotopic (exact) mass is 217 g/mol. The van der Waals surface area contributed by atoms with Crippen molar-refractivity contribution in [1.29, 1.82) is 0 Å². The van der Waals surface area contributed by atoms with Crippen LogP contribution in [0, 0.1) is 0 Å². The topological polar surface area (TPSA) is 42.2 Å². The second-order valence-corrected chi connectivity index (χ2v) is 3.91. The fraction of sp³-hybridized carbons (Fsp3) is 0.308. The lowest BCUT2D eigenvalue weighted by atomic mass is 10.1. The highest BCUT2D eigenvalue weighted by atomic mass is 16.4. The lowest BCUT2D eigenvalue weighted by Gasteiger charge is -2.04. The van der Waals surface area contributed by atoms with E-state index in [0.717, 1.165) is 30.3 Å². The summed E-state index contributed by atoms with van der Waals surface area (Å²) in [5.74, 6) is -0.862. The predicted molar refractivity (Wildman–Crippen MR) is 63.8 cm³/mol. The predicted octanol–water partition coefficient (Wildman–Crippen LogP) is 3.14. The van der Waals surface area contributed by atoms with Crippen LogP contribution in [-0.4, -0.2) is 15.6 Å². The minimum absolute atomic E-state index is 0.382. The molecule has 0 aliphatic carbocycles.